The highest BCUT2D eigenvalue weighted by Crippen LogP contribution is 2.23. The largest absolute Gasteiger partial charge is 0.481 e. The Hall–Kier alpha value is -2.57. The predicted molar refractivity (Wildman–Crippen MR) is 100 cm³/mol. The van der Waals surface area contributed by atoms with Crippen molar-refractivity contribution in [1.29, 1.82) is 0 Å². The number of carbonyl (C=O) groups excluding carboxylic acids is 2. The fraction of sp³-hybridized carbons (Fsp3) is 0.550. The predicted octanol–water partition coefficient (Wildman–Crippen LogP) is 2.10. The number of rotatable bonds is 5. The van der Waals surface area contributed by atoms with Gasteiger partial charge >= 0.3 is 12.0 Å². The van der Waals surface area contributed by atoms with Crippen molar-refractivity contribution in [2.45, 2.75) is 32.2 Å². The molecule has 2 N–H and O–H groups in total. The van der Waals surface area contributed by atoms with E-state index in [2.05, 4.69) is 5.32 Å². The van der Waals surface area contributed by atoms with Crippen molar-refractivity contribution in [1.82, 2.24) is 15.1 Å². The summed E-state index contributed by atoms with van der Waals surface area (Å²) < 4.78 is 0. The number of piperidine rings is 1. The number of likely N-dealkylation sites (tertiary alicyclic amines) is 2. The topological polar surface area (TPSA) is 89.9 Å². The molecule has 0 unspecified atom stereocenters. The molecule has 7 heteroatoms. The summed E-state index contributed by atoms with van der Waals surface area (Å²) in [6, 6.07) is 9.00. The standard InChI is InChI=1S/C20H27N3O4/c1-14-10-16(19(25)26)12-23(11-14)20(27)21-17(15-6-3-2-4-7-15)13-22-9-5-8-18(22)24/h2-4,6-7,14,16-17H,5,8-13H2,1H3,(H,21,27)(H,25,26)/t14-,16-,17+/m1/s1. The van der Waals surface area contributed by atoms with Gasteiger partial charge in [-0.3, -0.25) is 9.59 Å². The van der Waals surface area contributed by atoms with E-state index >= 15 is 0 Å². The Labute approximate surface area is 159 Å². The molecule has 0 aromatic heterocycles. The number of benzene rings is 1. The van der Waals surface area contributed by atoms with Crippen molar-refractivity contribution in [3.8, 4) is 0 Å². The highest BCUT2D eigenvalue weighted by Gasteiger charge is 2.33. The lowest BCUT2D eigenvalue weighted by Crippen LogP contribution is -2.51. The highest BCUT2D eigenvalue weighted by molar-refractivity contribution is 5.79. The van der Waals surface area contributed by atoms with Gasteiger partial charge in [0.05, 0.1) is 12.0 Å². The summed E-state index contributed by atoms with van der Waals surface area (Å²) in [6.07, 6.45) is 1.99. The molecule has 0 spiro atoms. The summed E-state index contributed by atoms with van der Waals surface area (Å²) in [5, 5.41) is 12.4. The average molecular weight is 373 g/mol. The Bertz CT molecular complexity index is 694. The molecule has 0 saturated carbocycles. The molecule has 2 aliphatic rings. The van der Waals surface area contributed by atoms with Crippen LogP contribution in [-0.4, -0.2) is 59.0 Å². The van der Waals surface area contributed by atoms with Crippen LogP contribution in [0.1, 0.15) is 37.8 Å². The molecule has 3 amide bonds. The molecule has 2 fully saturated rings. The Balaban J connectivity index is 1.72. The molecule has 0 radical (unpaired) electrons. The number of nitrogens with zero attached hydrogens (tertiary/aromatic N) is 2. The van der Waals surface area contributed by atoms with Crippen molar-refractivity contribution in [3.05, 3.63) is 35.9 Å². The van der Waals surface area contributed by atoms with Crippen LogP contribution in [0.2, 0.25) is 0 Å². The van der Waals surface area contributed by atoms with Crippen molar-refractivity contribution in [2.75, 3.05) is 26.2 Å². The molecule has 3 atom stereocenters. The van der Waals surface area contributed by atoms with E-state index in [1.807, 2.05) is 37.3 Å². The monoisotopic (exact) mass is 373 g/mol. The minimum absolute atomic E-state index is 0.114. The van der Waals surface area contributed by atoms with E-state index in [0.29, 0.717) is 32.5 Å². The first-order valence-electron chi connectivity index (χ1n) is 9.55. The number of aliphatic carboxylic acids is 1. The van der Waals surface area contributed by atoms with Crippen LogP contribution < -0.4 is 5.32 Å². The van der Waals surface area contributed by atoms with Gasteiger partial charge in [0.2, 0.25) is 5.91 Å². The van der Waals surface area contributed by atoms with Crippen LogP contribution >= 0.6 is 0 Å². The fourth-order valence-corrected chi connectivity index (χ4v) is 3.97. The third-order valence-electron chi connectivity index (χ3n) is 5.37. The number of carboxylic acids is 1. The maximum absolute atomic E-state index is 12.9. The number of carboxylic acid groups (broad SMARTS) is 1. The lowest BCUT2D eigenvalue weighted by Gasteiger charge is -2.36. The minimum atomic E-state index is -0.860. The van der Waals surface area contributed by atoms with E-state index < -0.39 is 11.9 Å². The van der Waals surface area contributed by atoms with Crippen molar-refractivity contribution >= 4 is 17.9 Å². The number of urea groups is 1. The first kappa shape index (κ1) is 19.2. The van der Waals surface area contributed by atoms with E-state index in [1.165, 1.54) is 0 Å². The second-order valence-electron chi connectivity index (χ2n) is 7.64. The molecule has 1 aromatic carbocycles. The fourth-order valence-electron chi connectivity index (χ4n) is 3.97. The van der Waals surface area contributed by atoms with Gasteiger partial charge in [-0.15, -0.1) is 0 Å². The number of nitrogens with one attached hydrogen (secondary N) is 1. The number of amides is 3. The molecule has 0 bridgehead atoms. The number of carbonyl (C=O) groups is 3. The second-order valence-corrected chi connectivity index (χ2v) is 7.64. The third-order valence-corrected chi connectivity index (χ3v) is 5.37. The van der Waals surface area contributed by atoms with Gasteiger partial charge in [0.1, 0.15) is 0 Å². The van der Waals surface area contributed by atoms with E-state index in [4.69, 9.17) is 0 Å². The summed E-state index contributed by atoms with van der Waals surface area (Å²) in [7, 11) is 0. The van der Waals surface area contributed by atoms with Gasteiger partial charge in [0.25, 0.3) is 0 Å². The first-order valence-corrected chi connectivity index (χ1v) is 9.55. The third kappa shape index (κ3) is 4.78. The summed E-state index contributed by atoms with van der Waals surface area (Å²) in [4.78, 5) is 39.7. The Kier molecular flexibility index (Phi) is 5.98. The lowest BCUT2D eigenvalue weighted by molar-refractivity contribution is -0.143. The van der Waals surface area contributed by atoms with Crippen LogP contribution in [0.5, 0.6) is 0 Å². The first-order chi connectivity index (χ1) is 12.9. The zero-order valence-corrected chi connectivity index (χ0v) is 15.6. The van der Waals surface area contributed by atoms with Crippen LogP contribution in [-0.2, 0) is 9.59 Å². The van der Waals surface area contributed by atoms with Gasteiger partial charge < -0.3 is 20.2 Å². The SMILES string of the molecule is C[C@@H]1C[C@@H](C(=O)O)CN(C(=O)N[C@@H](CN2CCCC2=O)c2ccccc2)C1. The maximum Gasteiger partial charge on any atom is 0.317 e. The smallest absolute Gasteiger partial charge is 0.317 e. The van der Waals surface area contributed by atoms with E-state index in [-0.39, 0.29) is 30.4 Å². The van der Waals surface area contributed by atoms with Crippen molar-refractivity contribution < 1.29 is 19.5 Å². The second kappa shape index (κ2) is 8.41. The number of hydrogen-bond donors (Lipinski definition) is 2. The summed E-state index contributed by atoms with van der Waals surface area (Å²) in [5.74, 6) is -1.14. The van der Waals surface area contributed by atoms with E-state index in [9.17, 15) is 19.5 Å². The van der Waals surface area contributed by atoms with Gasteiger partial charge in [-0.25, -0.2) is 4.79 Å². The molecule has 7 nitrogen and oxygen atoms in total. The molecule has 27 heavy (non-hydrogen) atoms. The summed E-state index contributed by atoms with van der Waals surface area (Å²) in [5.41, 5.74) is 0.936. The van der Waals surface area contributed by atoms with Gasteiger partial charge in [-0.05, 0) is 24.3 Å². The molecule has 2 saturated heterocycles. The molecule has 0 aliphatic carbocycles. The molecular formula is C20H27N3O4. The summed E-state index contributed by atoms with van der Waals surface area (Å²) in [6.45, 7) is 3.86. The molecular weight excluding hydrogens is 346 g/mol. The molecule has 2 heterocycles. The van der Waals surface area contributed by atoms with E-state index in [0.717, 1.165) is 12.0 Å². The molecule has 146 valence electrons. The van der Waals surface area contributed by atoms with Gasteiger partial charge in [0.15, 0.2) is 0 Å². The maximum atomic E-state index is 12.9. The molecule has 1 aromatic rings. The quantitative estimate of drug-likeness (QED) is 0.827. The Morgan fingerprint density at radius 3 is 2.63 bits per heavy atom. The van der Waals surface area contributed by atoms with Crippen LogP contribution in [0, 0.1) is 11.8 Å². The normalized spacial score (nSPS) is 24.0. The van der Waals surface area contributed by atoms with Crippen LogP contribution in [0.15, 0.2) is 30.3 Å². The summed E-state index contributed by atoms with van der Waals surface area (Å²) >= 11 is 0. The minimum Gasteiger partial charge on any atom is -0.481 e. The van der Waals surface area contributed by atoms with Crippen molar-refractivity contribution in [3.63, 3.8) is 0 Å². The van der Waals surface area contributed by atoms with Gasteiger partial charge in [0, 0.05) is 32.6 Å². The highest BCUT2D eigenvalue weighted by atomic mass is 16.4. The average Bonchev–Trinajstić information content (AvgIpc) is 3.06. The Morgan fingerprint density at radius 1 is 1.26 bits per heavy atom. The lowest BCUT2D eigenvalue weighted by atomic mass is 9.91. The van der Waals surface area contributed by atoms with E-state index in [1.54, 1.807) is 9.80 Å². The van der Waals surface area contributed by atoms with Crippen LogP contribution in [0.25, 0.3) is 0 Å². The molecule has 2 aliphatic heterocycles. The van der Waals surface area contributed by atoms with Crippen LogP contribution in [0.3, 0.4) is 0 Å². The zero-order chi connectivity index (χ0) is 19.4. The molecule has 3 rings (SSSR count). The van der Waals surface area contributed by atoms with Crippen molar-refractivity contribution in [2.24, 2.45) is 11.8 Å². The zero-order valence-electron chi connectivity index (χ0n) is 15.6. The van der Waals surface area contributed by atoms with Gasteiger partial charge in [-0.2, -0.15) is 0 Å². The Morgan fingerprint density at radius 2 is 2.00 bits per heavy atom. The number of hydrogen-bond acceptors (Lipinski definition) is 3. The van der Waals surface area contributed by atoms with Crippen LogP contribution in [0.4, 0.5) is 4.79 Å². The van der Waals surface area contributed by atoms with Gasteiger partial charge in [-0.1, -0.05) is 37.3 Å².